The third kappa shape index (κ3) is 3.64. The molecule has 5 rings (SSSR count). The van der Waals surface area contributed by atoms with Crippen LogP contribution >= 0.6 is 0 Å². The van der Waals surface area contributed by atoms with Gasteiger partial charge >= 0.3 is 5.97 Å². The van der Waals surface area contributed by atoms with Crippen molar-refractivity contribution in [2.45, 2.75) is 132 Å². The van der Waals surface area contributed by atoms with Gasteiger partial charge in [0.1, 0.15) is 0 Å². The lowest BCUT2D eigenvalue weighted by Crippen LogP contribution is -2.65. The maximum Gasteiger partial charge on any atom is 0.312 e. The second-order valence-corrected chi connectivity index (χ2v) is 15.7. The van der Waals surface area contributed by atoms with E-state index in [1.807, 2.05) is 0 Å². The zero-order valence-electron chi connectivity index (χ0n) is 25.3. The summed E-state index contributed by atoms with van der Waals surface area (Å²) in [5, 5.41) is 11.0. The Kier molecular flexibility index (Phi) is 6.82. The van der Waals surface area contributed by atoms with Gasteiger partial charge in [-0.3, -0.25) is 4.79 Å². The lowest BCUT2D eigenvalue weighted by molar-refractivity contribution is -0.207. The molecule has 10 atom stereocenters. The van der Waals surface area contributed by atoms with Crippen molar-refractivity contribution in [3.8, 4) is 0 Å². The summed E-state index contributed by atoms with van der Waals surface area (Å²) >= 11 is 0. The number of esters is 1. The number of carbonyl (C=O) groups is 1. The van der Waals surface area contributed by atoms with E-state index in [1.165, 1.54) is 12.8 Å². The Morgan fingerprint density at radius 1 is 0.973 bits per heavy atom. The smallest absolute Gasteiger partial charge is 0.312 e. The van der Waals surface area contributed by atoms with E-state index < -0.39 is 0 Å². The number of unbranched alkanes of at least 4 members (excludes halogenated alkanes) is 1. The molecule has 0 bridgehead atoms. The van der Waals surface area contributed by atoms with Gasteiger partial charge in [-0.15, -0.1) is 0 Å². The molecule has 210 valence electrons. The van der Waals surface area contributed by atoms with Gasteiger partial charge in [-0.2, -0.15) is 0 Å². The molecule has 1 unspecified atom stereocenters. The quantitative estimate of drug-likeness (QED) is 0.234. The van der Waals surface area contributed by atoms with Crippen molar-refractivity contribution in [1.29, 1.82) is 0 Å². The van der Waals surface area contributed by atoms with Crippen molar-refractivity contribution in [3.05, 3.63) is 11.6 Å². The lowest BCUT2D eigenvalue weighted by atomic mass is 9.33. The number of hydrogen-bond donors (Lipinski definition) is 1. The third-order valence-corrected chi connectivity index (χ3v) is 14.1. The summed E-state index contributed by atoms with van der Waals surface area (Å²) < 4.78 is 6.04. The van der Waals surface area contributed by atoms with Crippen molar-refractivity contribution in [2.24, 2.45) is 56.7 Å². The van der Waals surface area contributed by atoms with Crippen LogP contribution in [0.2, 0.25) is 0 Å². The van der Waals surface area contributed by atoms with Gasteiger partial charge in [0.25, 0.3) is 0 Å². The Morgan fingerprint density at radius 3 is 2.41 bits per heavy atom. The number of fused-ring (bicyclic) bond motifs is 7. The molecule has 0 spiro atoms. The van der Waals surface area contributed by atoms with Crippen LogP contribution in [0.25, 0.3) is 0 Å². The van der Waals surface area contributed by atoms with E-state index in [0.717, 1.165) is 57.8 Å². The Labute approximate surface area is 227 Å². The normalized spacial score (nSPS) is 50.6. The summed E-state index contributed by atoms with van der Waals surface area (Å²) in [6, 6.07) is 0. The van der Waals surface area contributed by atoms with Crippen LogP contribution in [0.3, 0.4) is 0 Å². The zero-order chi connectivity index (χ0) is 27.0. The van der Waals surface area contributed by atoms with Gasteiger partial charge < -0.3 is 9.84 Å². The van der Waals surface area contributed by atoms with Crippen molar-refractivity contribution in [1.82, 2.24) is 0 Å². The van der Waals surface area contributed by atoms with Gasteiger partial charge in [-0.25, -0.2) is 0 Å². The molecule has 0 aromatic rings. The molecule has 0 radical (unpaired) electrons. The average Bonchev–Trinajstić information content (AvgIpc) is 2.84. The summed E-state index contributed by atoms with van der Waals surface area (Å²) in [6.45, 7) is 20.1. The van der Waals surface area contributed by atoms with E-state index in [9.17, 15) is 9.90 Å². The largest absolute Gasteiger partial charge is 0.465 e. The molecule has 0 amide bonds. The van der Waals surface area contributed by atoms with E-state index in [0.29, 0.717) is 36.2 Å². The fourth-order valence-electron chi connectivity index (χ4n) is 11.3. The van der Waals surface area contributed by atoms with Gasteiger partial charge in [0.05, 0.1) is 18.1 Å². The summed E-state index contributed by atoms with van der Waals surface area (Å²) in [4.78, 5) is 13.9. The van der Waals surface area contributed by atoms with Gasteiger partial charge in [0, 0.05) is 0 Å². The molecule has 0 saturated heterocycles. The number of hydrogen-bond acceptors (Lipinski definition) is 3. The van der Waals surface area contributed by atoms with Gasteiger partial charge in [-0.1, -0.05) is 73.5 Å². The minimum Gasteiger partial charge on any atom is -0.465 e. The fourth-order valence-corrected chi connectivity index (χ4v) is 11.3. The van der Waals surface area contributed by atoms with Crippen molar-refractivity contribution < 1.29 is 14.6 Å². The highest BCUT2D eigenvalue weighted by Crippen LogP contribution is 2.75. The van der Waals surface area contributed by atoms with E-state index in [2.05, 4.69) is 61.5 Å². The summed E-state index contributed by atoms with van der Waals surface area (Å²) in [5.74, 6) is 2.79. The highest BCUT2D eigenvalue weighted by molar-refractivity contribution is 5.79. The summed E-state index contributed by atoms with van der Waals surface area (Å²) in [7, 11) is 0. The monoisotopic (exact) mass is 512 g/mol. The van der Waals surface area contributed by atoms with Crippen LogP contribution in [-0.2, 0) is 9.53 Å². The SMILES string of the molecule is CCCCOC(=O)[C@]12CC[C@@H](C)[C@H](C)[C@H]1C1=CC[C@@H]3[C@@]4(C)CC[C@H](O)C(C)(C)C4CC[C@@]3(C)[C@]1(C)CC2. The Hall–Kier alpha value is -0.830. The maximum atomic E-state index is 13.9. The molecule has 3 nitrogen and oxygen atoms in total. The third-order valence-electron chi connectivity index (χ3n) is 14.1. The molecule has 0 aliphatic heterocycles. The molecule has 0 heterocycles. The first-order valence-corrected chi connectivity index (χ1v) is 15.9. The second kappa shape index (κ2) is 9.10. The first-order chi connectivity index (χ1) is 17.3. The number of aliphatic hydroxyl groups is 1. The Morgan fingerprint density at radius 2 is 1.70 bits per heavy atom. The minimum atomic E-state index is -0.327. The number of rotatable bonds is 4. The average molecular weight is 513 g/mol. The fraction of sp³-hybridized carbons (Fsp3) is 0.912. The number of aliphatic hydroxyl groups excluding tert-OH is 1. The van der Waals surface area contributed by atoms with Crippen LogP contribution in [-0.4, -0.2) is 23.8 Å². The van der Waals surface area contributed by atoms with Crippen molar-refractivity contribution in [2.75, 3.05) is 6.61 Å². The molecule has 5 aliphatic rings. The van der Waals surface area contributed by atoms with E-state index in [-0.39, 0.29) is 39.1 Å². The molecule has 4 saturated carbocycles. The van der Waals surface area contributed by atoms with Crippen LogP contribution < -0.4 is 0 Å². The second-order valence-electron chi connectivity index (χ2n) is 15.7. The van der Waals surface area contributed by atoms with Crippen LogP contribution in [0, 0.1) is 56.7 Å². The molecular formula is C34H56O3. The molecule has 37 heavy (non-hydrogen) atoms. The van der Waals surface area contributed by atoms with Crippen LogP contribution in [0.15, 0.2) is 11.6 Å². The number of carbonyl (C=O) groups excluding carboxylic acids is 1. The van der Waals surface area contributed by atoms with E-state index >= 15 is 0 Å². The molecule has 0 aromatic heterocycles. The molecular weight excluding hydrogens is 456 g/mol. The first-order valence-electron chi connectivity index (χ1n) is 15.9. The van der Waals surface area contributed by atoms with Crippen LogP contribution in [0.5, 0.6) is 0 Å². The van der Waals surface area contributed by atoms with E-state index in [1.54, 1.807) is 5.57 Å². The van der Waals surface area contributed by atoms with Crippen LogP contribution in [0.1, 0.15) is 126 Å². The molecule has 3 heteroatoms. The molecule has 5 aliphatic carbocycles. The van der Waals surface area contributed by atoms with E-state index in [4.69, 9.17) is 4.74 Å². The minimum absolute atomic E-state index is 0.0174. The van der Waals surface area contributed by atoms with Crippen molar-refractivity contribution >= 4 is 5.97 Å². The lowest BCUT2D eigenvalue weighted by Gasteiger charge is -2.71. The number of ether oxygens (including phenoxy) is 1. The van der Waals surface area contributed by atoms with Gasteiger partial charge in [0.15, 0.2) is 0 Å². The summed E-state index contributed by atoms with van der Waals surface area (Å²) in [5.41, 5.74) is 1.91. The zero-order valence-corrected chi connectivity index (χ0v) is 25.3. The van der Waals surface area contributed by atoms with Gasteiger partial charge in [-0.05, 0) is 115 Å². The number of allylic oxidation sites excluding steroid dienone is 2. The van der Waals surface area contributed by atoms with Gasteiger partial charge in [0.2, 0.25) is 0 Å². The highest BCUT2D eigenvalue weighted by atomic mass is 16.5. The highest BCUT2D eigenvalue weighted by Gasteiger charge is 2.69. The standard InChI is InChI=1S/C34H56O3/c1-9-10-21-37-29(36)34-18-13-22(2)23(3)28(34)24-11-12-26-31(6)16-15-27(35)30(4,5)25(31)14-17-33(26,8)32(24,7)19-20-34/h11,22-23,25-28,35H,9-10,12-21H2,1-8H3/t22-,23+,25?,26-,27+,28+,31+,32-,33-,34+/m1/s1. The Bertz CT molecular complexity index is 935. The first kappa shape index (κ1) is 27.7. The Balaban J connectivity index is 1.56. The van der Waals surface area contributed by atoms with Crippen molar-refractivity contribution in [3.63, 3.8) is 0 Å². The topological polar surface area (TPSA) is 46.5 Å². The van der Waals surface area contributed by atoms with Crippen LogP contribution in [0.4, 0.5) is 0 Å². The summed E-state index contributed by atoms with van der Waals surface area (Å²) in [6.07, 6.45) is 14.4. The predicted octanol–water partition coefficient (Wildman–Crippen LogP) is 8.35. The predicted molar refractivity (Wildman–Crippen MR) is 151 cm³/mol. The maximum absolute atomic E-state index is 13.9. The molecule has 0 aromatic carbocycles. The molecule has 4 fully saturated rings. The molecule has 1 N–H and O–H groups in total.